The maximum atomic E-state index is 13.3. The molecule has 2 atom stereocenters. The van der Waals surface area contributed by atoms with E-state index in [4.69, 9.17) is 4.74 Å². The fourth-order valence-electron chi connectivity index (χ4n) is 3.49. The first-order chi connectivity index (χ1) is 8.39. The summed E-state index contributed by atoms with van der Waals surface area (Å²) in [7, 11) is 0. The topological polar surface area (TPSA) is 29.5 Å². The minimum Gasteiger partial charge on any atom is -0.487 e. The molecule has 18 heavy (non-hydrogen) atoms. The molecule has 98 valence electrons. The van der Waals surface area contributed by atoms with E-state index < -0.39 is 6.10 Å². The van der Waals surface area contributed by atoms with Gasteiger partial charge in [0.2, 0.25) is 0 Å². The maximum Gasteiger partial charge on any atom is 0.128 e. The zero-order chi connectivity index (χ0) is 13.0. The molecule has 1 fully saturated rings. The summed E-state index contributed by atoms with van der Waals surface area (Å²) in [6.45, 7) is 4.44. The number of halogens is 1. The number of benzene rings is 1. The zero-order valence-electron chi connectivity index (χ0n) is 10.9. The van der Waals surface area contributed by atoms with Crippen molar-refractivity contribution in [3.05, 3.63) is 29.6 Å². The fourth-order valence-corrected chi connectivity index (χ4v) is 3.49. The Morgan fingerprint density at radius 2 is 2.11 bits per heavy atom. The van der Waals surface area contributed by atoms with Crippen LogP contribution < -0.4 is 4.74 Å². The minimum atomic E-state index is -0.539. The lowest BCUT2D eigenvalue weighted by molar-refractivity contribution is -0.0157. The molecule has 3 rings (SSSR count). The summed E-state index contributed by atoms with van der Waals surface area (Å²) in [6, 6.07) is 4.40. The highest BCUT2D eigenvalue weighted by Crippen LogP contribution is 2.52. The van der Waals surface area contributed by atoms with Crippen LogP contribution in [0.3, 0.4) is 0 Å². The quantitative estimate of drug-likeness (QED) is 0.762. The van der Waals surface area contributed by atoms with Crippen LogP contribution in [0.25, 0.3) is 0 Å². The van der Waals surface area contributed by atoms with Gasteiger partial charge in [0.15, 0.2) is 0 Å². The van der Waals surface area contributed by atoms with Crippen LogP contribution in [0.1, 0.15) is 51.2 Å². The number of ether oxygens (including phenoxy) is 1. The van der Waals surface area contributed by atoms with Crippen molar-refractivity contribution in [1.82, 2.24) is 0 Å². The van der Waals surface area contributed by atoms with Gasteiger partial charge < -0.3 is 9.84 Å². The van der Waals surface area contributed by atoms with E-state index in [0.29, 0.717) is 17.7 Å². The summed E-state index contributed by atoms with van der Waals surface area (Å²) in [4.78, 5) is 0. The van der Waals surface area contributed by atoms with Crippen LogP contribution in [0.5, 0.6) is 5.75 Å². The molecule has 1 aromatic carbocycles. The molecule has 1 aliphatic carbocycles. The van der Waals surface area contributed by atoms with Crippen LogP contribution in [0.4, 0.5) is 4.39 Å². The third-order valence-electron chi connectivity index (χ3n) is 4.28. The number of hydrogen-bond donors (Lipinski definition) is 1. The number of aliphatic hydroxyl groups excluding tert-OH is 1. The molecule has 0 bridgehead atoms. The van der Waals surface area contributed by atoms with Crippen LogP contribution in [0.2, 0.25) is 0 Å². The van der Waals surface area contributed by atoms with E-state index in [0.717, 1.165) is 19.3 Å². The Hall–Kier alpha value is -1.09. The molecule has 1 spiro atoms. The lowest BCUT2D eigenvalue weighted by atomic mass is 9.83. The minimum absolute atomic E-state index is 0.241. The maximum absolute atomic E-state index is 13.3. The first kappa shape index (κ1) is 12.0. The molecule has 0 aromatic heterocycles. The monoisotopic (exact) mass is 250 g/mol. The van der Waals surface area contributed by atoms with E-state index in [-0.39, 0.29) is 16.8 Å². The van der Waals surface area contributed by atoms with Crippen molar-refractivity contribution < 1.29 is 14.2 Å². The van der Waals surface area contributed by atoms with Crippen LogP contribution in [0.15, 0.2) is 18.2 Å². The van der Waals surface area contributed by atoms with Crippen molar-refractivity contribution in [1.29, 1.82) is 0 Å². The van der Waals surface area contributed by atoms with Gasteiger partial charge >= 0.3 is 0 Å². The van der Waals surface area contributed by atoms with E-state index >= 15 is 0 Å². The van der Waals surface area contributed by atoms with Gasteiger partial charge in [0, 0.05) is 18.1 Å². The van der Waals surface area contributed by atoms with Crippen LogP contribution >= 0.6 is 0 Å². The zero-order valence-corrected chi connectivity index (χ0v) is 10.9. The highest BCUT2D eigenvalue weighted by Gasteiger charge is 2.49. The Kier molecular flexibility index (Phi) is 2.46. The third-order valence-corrected chi connectivity index (χ3v) is 4.28. The van der Waals surface area contributed by atoms with Crippen molar-refractivity contribution in [2.24, 2.45) is 5.41 Å². The molecule has 2 nitrogen and oxygen atoms in total. The SMILES string of the molecule is CC1(C)CCC2(CC(O)c3ccc(F)cc3O2)C1. The highest BCUT2D eigenvalue weighted by atomic mass is 19.1. The van der Waals surface area contributed by atoms with Gasteiger partial charge in [0.05, 0.1) is 6.10 Å². The summed E-state index contributed by atoms with van der Waals surface area (Å²) >= 11 is 0. The Labute approximate surface area is 107 Å². The van der Waals surface area contributed by atoms with Crippen molar-refractivity contribution in [2.75, 3.05) is 0 Å². The van der Waals surface area contributed by atoms with Crippen LogP contribution in [-0.2, 0) is 0 Å². The van der Waals surface area contributed by atoms with Gasteiger partial charge in [-0.05, 0) is 36.8 Å². The summed E-state index contributed by atoms with van der Waals surface area (Å²) in [5.74, 6) is 0.210. The summed E-state index contributed by atoms with van der Waals surface area (Å²) in [6.07, 6.45) is 3.03. The van der Waals surface area contributed by atoms with Gasteiger partial charge in [-0.2, -0.15) is 0 Å². The molecule has 2 unspecified atom stereocenters. The van der Waals surface area contributed by atoms with Crippen molar-refractivity contribution in [2.45, 2.75) is 51.2 Å². The molecule has 3 heteroatoms. The van der Waals surface area contributed by atoms with Gasteiger partial charge in [-0.15, -0.1) is 0 Å². The second-order valence-corrected chi connectivity index (χ2v) is 6.53. The molecule has 1 aliphatic heterocycles. The summed E-state index contributed by atoms with van der Waals surface area (Å²) < 4.78 is 19.4. The standard InChI is InChI=1S/C15H19FO2/c1-14(2)5-6-15(9-14)8-12(17)11-4-3-10(16)7-13(11)18-15/h3-4,7,12,17H,5-6,8-9H2,1-2H3. The molecule has 0 radical (unpaired) electrons. The van der Waals surface area contributed by atoms with Gasteiger partial charge in [-0.25, -0.2) is 4.39 Å². The fraction of sp³-hybridized carbons (Fsp3) is 0.600. The normalized spacial score (nSPS) is 33.2. The van der Waals surface area contributed by atoms with Crippen molar-refractivity contribution >= 4 is 0 Å². The van der Waals surface area contributed by atoms with Crippen LogP contribution in [-0.4, -0.2) is 10.7 Å². The molecule has 1 N–H and O–H groups in total. The van der Waals surface area contributed by atoms with Gasteiger partial charge in [0.1, 0.15) is 17.2 Å². The molecule has 1 aromatic rings. The molecule has 1 heterocycles. The molecule has 0 amide bonds. The second-order valence-electron chi connectivity index (χ2n) is 6.53. The molecule has 0 saturated heterocycles. The predicted molar refractivity (Wildman–Crippen MR) is 67.0 cm³/mol. The molecular weight excluding hydrogens is 231 g/mol. The molecular formula is C15H19FO2. The Balaban J connectivity index is 1.96. The van der Waals surface area contributed by atoms with E-state index in [1.807, 2.05) is 0 Å². The predicted octanol–water partition coefficient (Wildman–Crippen LogP) is 3.59. The van der Waals surface area contributed by atoms with Crippen molar-refractivity contribution in [3.63, 3.8) is 0 Å². The van der Waals surface area contributed by atoms with Gasteiger partial charge in [-0.1, -0.05) is 13.8 Å². The Morgan fingerprint density at radius 3 is 2.78 bits per heavy atom. The third kappa shape index (κ3) is 1.91. The largest absolute Gasteiger partial charge is 0.487 e. The Bertz CT molecular complexity index is 483. The van der Waals surface area contributed by atoms with Gasteiger partial charge in [0.25, 0.3) is 0 Å². The van der Waals surface area contributed by atoms with E-state index in [1.54, 1.807) is 6.07 Å². The van der Waals surface area contributed by atoms with Crippen LogP contribution in [0, 0.1) is 11.2 Å². The molecule has 2 aliphatic rings. The highest BCUT2D eigenvalue weighted by molar-refractivity contribution is 5.39. The smallest absolute Gasteiger partial charge is 0.128 e. The average Bonchev–Trinajstić information content (AvgIpc) is 2.53. The molecule has 1 saturated carbocycles. The average molecular weight is 250 g/mol. The van der Waals surface area contributed by atoms with Gasteiger partial charge in [-0.3, -0.25) is 0 Å². The lowest BCUT2D eigenvalue weighted by Crippen LogP contribution is -2.39. The first-order valence-corrected chi connectivity index (χ1v) is 6.56. The van der Waals surface area contributed by atoms with E-state index in [1.165, 1.54) is 12.1 Å². The number of rotatable bonds is 0. The summed E-state index contributed by atoms with van der Waals surface area (Å²) in [5, 5.41) is 10.2. The van der Waals surface area contributed by atoms with E-state index in [9.17, 15) is 9.50 Å². The first-order valence-electron chi connectivity index (χ1n) is 6.56. The Morgan fingerprint density at radius 1 is 1.33 bits per heavy atom. The number of hydrogen-bond acceptors (Lipinski definition) is 2. The number of aliphatic hydroxyl groups is 1. The number of fused-ring (bicyclic) bond motifs is 1. The second kappa shape index (κ2) is 3.70. The summed E-state index contributed by atoms with van der Waals surface area (Å²) in [5.41, 5.74) is 0.653. The van der Waals surface area contributed by atoms with Crippen molar-refractivity contribution in [3.8, 4) is 5.75 Å². The van der Waals surface area contributed by atoms with E-state index in [2.05, 4.69) is 13.8 Å². The lowest BCUT2D eigenvalue weighted by Gasteiger charge is -2.39.